The summed E-state index contributed by atoms with van der Waals surface area (Å²) in [6.45, 7) is 0.866. The molecule has 1 atom stereocenters. The maximum Gasteiger partial charge on any atom is 0.434 e. The smallest absolute Gasteiger partial charge is 0.434 e. The molecule has 16 heteroatoms. The Bertz CT molecular complexity index is 1480. The first-order valence-corrected chi connectivity index (χ1v) is 11.8. The van der Waals surface area contributed by atoms with Gasteiger partial charge in [0.25, 0.3) is 15.9 Å². The van der Waals surface area contributed by atoms with Gasteiger partial charge in [0.2, 0.25) is 5.60 Å². The summed E-state index contributed by atoms with van der Waals surface area (Å²) in [6.07, 6.45) is -7.47. The summed E-state index contributed by atoms with van der Waals surface area (Å²) >= 11 is 0. The Morgan fingerprint density at radius 1 is 1.19 bits per heavy atom. The lowest BCUT2D eigenvalue weighted by atomic mass is 10.1. The number of fused-ring (bicyclic) bond motifs is 1. The largest absolute Gasteiger partial charge is 0.476 e. The number of nitrogens with one attached hydrogen (secondary N) is 2. The average Bonchev–Trinajstić information content (AvgIpc) is 3.23. The molecular formula is C21H18F4N4O7S. The van der Waals surface area contributed by atoms with Crippen LogP contribution in [0.3, 0.4) is 0 Å². The minimum Gasteiger partial charge on any atom is -0.476 e. The number of sulfonamides is 1. The number of H-pyrrole nitrogens is 1. The van der Waals surface area contributed by atoms with Crippen molar-refractivity contribution >= 4 is 27.5 Å². The number of hydrogen-bond donors (Lipinski definition) is 2. The van der Waals surface area contributed by atoms with Gasteiger partial charge in [0, 0.05) is 5.69 Å². The van der Waals surface area contributed by atoms with E-state index in [0.717, 1.165) is 34.6 Å². The van der Waals surface area contributed by atoms with Crippen molar-refractivity contribution in [2.75, 3.05) is 16.2 Å². The first kappa shape index (κ1) is 26.0. The van der Waals surface area contributed by atoms with E-state index in [9.17, 15) is 35.6 Å². The fourth-order valence-electron chi connectivity index (χ4n) is 3.23. The summed E-state index contributed by atoms with van der Waals surface area (Å²) in [5, 5.41) is 7.82. The molecule has 2 N–H and O–H groups in total. The molecule has 0 saturated heterocycles. The molecule has 0 radical (unpaired) electrons. The number of nitrogens with zero attached hydrogens (tertiary/aromatic N) is 2. The fraction of sp³-hybridized carbons (Fsp3) is 0.286. The van der Waals surface area contributed by atoms with Gasteiger partial charge in [-0.05, 0) is 56.3 Å². The Morgan fingerprint density at radius 2 is 1.86 bits per heavy atom. The number of rotatable bonds is 5. The van der Waals surface area contributed by atoms with Gasteiger partial charge in [0.05, 0.1) is 17.1 Å². The van der Waals surface area contributed by atoms with E-state index in [2.05, 4.69) is 15.2 Å². The van der Waals surface area contributed by atoms with Crippen molar-refractivity contribution in [3.05, 3.63) is 64.7 Å². The topological polar surface area (TPSA) is 144 Å². The molecule has 0 aliphatic carbocycles. The van der Waals surface area contributed by atoms with E-state index in [0.29, 0.717) is 13.8 Å². The maximum atomic E-state index is 13.5. The second-order valence-electron chi connectivity index (χ2n) is 8.25. The molecule has 2 heterocycles. The van der Waals surface area contributed by atoms with Crippen molar-refractivity contribution in [2.45, 2.75) is 36.6 Å². The third kappa shape index (κ3) is 5.23. The van der Waals surface area contributed by atoms with E-state index in [1.807, 2.05) is 5.10 Å². The van der Waals surface area contributed by atoms with E-state index >= 15 is 0 Å². The number of hydrogen-bond acceptors (Lipinski definition) is 8. The van der Waals surface area contributed by atoms with Crippen LogP contribution in [0.2, 0.25) is 0 Å². The SMILES string of the molecule is CC(C)(OC(=O)Nc1ccc2c(c1)N(S(=O)(=O)c1ccc(F)cc1)C[C@H](c1n[nH]c(=O)o1)O2)C(F)(F)F. The van der Waals surface area contributed by atoms with Gasteiger partial charge in [0.1, 0.15) is 11.6 Å². The molecule has 0 fully saturated rings. The highest BCUT2D eigenvalue weighted by molar-refractivity contribution is 7.92. The van der Waals surface area contributed by atoms with Crippen LogP contribution in [0.4, 0.5) is 33.7 Å². The lowest BCUT2D eigenvalue weighted by Gasteiger charge is -2.34. The van der Waals surface area contributed by atoms with Gasteiger partial charge in [-0.25, -0.2) is 27.5 Å². The summed E-state index contributed by atoms with van der Waals surface area (Å²) in [5.41, 5.74) is -3.03. The summed E-state index contributed by atoms with van der Waals surface area (Å²) in [6, 6.07) is 7.54. The van der Waals surface area contributed by atoms with E-state index < -0.39 is 52.1 Å². The van der Waals surface area contributed by atoms with E-state index in [1.165, 1.54) is 12.1 Å². The predicted octanol–water partition coefficient (Wildman–Crippen LogP) is 3.72. The molecule has 1 aromatic heterocycles. The first-order valence-electron chi connectivity index (χ1n) is 10.4. The summed E-state index contributed by atoms with van der Waals surface area (Å²) in [7, 11) is -4.38. The Balaban J connectivity index is 1.71. The van der Waals surface area contributed by atoms with Crippen LogP contribution >= 0.6 is 0 Å². The van der Waals surface area contributed by atoms with Crippen LogP contribution in [-0.4, -0.2) is 43.0 Å². The number of halogens is 4. The maximum absolute atomic E-state index is 13.5. The number of anilines is 2. The second kappa shape index (κ2) is 9.10. The zero-order chi connectivity index (χ0) is 27.2. The highest BCUT2D eigenvalue weighted by Crippen LogP contribution is 2.42. The Labute approximate surface area is 206 Å². The van der Waals surface area contributed by atoms with Gasteiger partial charge < -0.3 is 13.9 Å². The lowest BCUT2D eigenvalue weighted by molar-refractivity contribution is -0.242. The molecule has 0 spiro atoms. The number of aromatic nitrogens is 2. The van der Waals surface area contributed by atoms with Gasteiger partial charge in [-0.15, -0.1) is 5.10 Å². The summed E-state index contributed by atoms with van der Waals surface area (Å²) in [4.78, 5) is 23.2. The number of alkyl halides is 3. The van der Waals surface area contributed by atoms with Gasteiger partial charge in [-0.1, -0.05) is 0 Å². The van der Waals surface area contributed by atoms with Gasteiger partial charge in [-0.3, -0.25) is 9.62 Å². The molecule has 1 aliphatic rings. The van der Waals surface area contributed by atoms with Gasteiger partial charge >= 0.3 is 18.0 Å². The summed E-state index contributed by atoms with van der Waals surface area (Å²) in [5.74, 6) is -1.89. The Morgan fingerprint density at radius 3 is 2.46 bits per heavy atom. The van der Waals surface area contributed by atoms with Crippen LogP contribution in [0.5, 0.6) is 5.75 Å². The van der Waals surface area contributed by atoms with Crippen molar-refractivity contribution in [1.82, 2.24) is 10.2 Å². The molecule has 2 aromatic carbocycles. The van der Waals surface area contributed by atoms with Crippen LogP contribution in [0.1, 0.15) is 25.8 Å². The minimum atomic E-state index is -4.84. The quantitative estimate of drug-likeness (QED) is 0.461. The van der Waals surface area contributed by atoms with Crippen LogP contribution in [0.25, 0.3) is 0 Å². The molecule has 37 heavy (non-hydrogen) atoms. The van der Waals surface area contributed by atoms with Crippen LogP contribution < -0.4 is 20.1 Å². The van der Waals surface area contributed by atoms with E-state index in [1.54, 1.807) is 0 Å². The van der Waals surface area contributed by atoms with Crippen LogP contribution in [0.15, 0.2) is 56.6 Å². The number of carbonyl (C=O) groups is 1. The molecule has 4 rings (SSSR count). The molecule has 1 amide bonds. The molecule has 1 aliphatic heterocycles. The normalized spacial score (nSPS) is 16.1. The monoisotopic (exact) mass is 546 g/mol. The molecule has 198 valence electrons. The number of benzene rings is 2. The van der Waals surface area contributed by atoms with Crippen molar-refractivity contribution in [2.24, 2.45) is 0 Å². The second-order valence-corrected chi connectivity index (χ2v) is 10.1. The standard InChI is InChI=1S/C21H18F4N4O7S/c1-20(2,21(23,24)25)36-18(30)26-12-5-8-15-14(9-12)29(10-16(34-15)17-27-28-19(31)35-17)37(32,33)13-6-3-11(22)4-7-13/h3-9,16H,10H2,1-2H3,(H,26,30)(H,28,31)/t16-/m1/s1. The van der Waals surface area contributed by atoms with Crippen molar-refractivity contribution in [3.63, 3.8) is 0 Å². The van der Waals surface area contributed by atoms with Crippen molar-refractivity contribution < 1.29 is 44.7 Å². The summed E-state index contributed by atoms with van der Waals surface area (Å²) < 4.78 is 95.4. The molecule has 0 saturated carbocycles. The van der Waals surface area contributed by atoms with E-state index in [-0.39, 0.29) is 27.9 Å². The number of carbonyl (C=O) groups excluding carboxylic acids is 1. The number of aromatic amines is 1. The zero-order valence-electron chi connectivity index (χ0n) is 19.0. The first-order chi connectivity index (χ1) is 17.2. The Hall–Kier alpha value is -4.08. The highest BCUT2D eigenvalue weighted by Gasteiger charge is 2.51. The average molecular weight is 546 g/mol. The van der Waals surface area contributed by atoms with Gasteiger partial charge in [-0.2, -0.15) is 13.2 Å². The van der Waals surface area contributed by atoms with Crippen molar-refractivity contribution in [3.8, 4) is 5.75 Å². The van der Waals surface area contributed by atoms with Gasteiger partial charge in [0.15, 0.2) is 6.10 Å². The third-order valence-corrected chi connectivity index (χ3v) is 7.03. The van der Waals surface area contributed by atoms with Crippen LogP contribution in [0, 0.1) is 5.82 Å². The molecule has 0 unspecified atom stereocenters. The fourth-order valence-corrected chi connectivity index (χ4v) is 4.70. The zero-order valence-corrected chi connectivity index (χ0v) is 19.8. The molecule has 0 bridgehead atoms. The number of ether oxygens (including phenoxy) is 2. The lowest BCUT2D eigenvalue weighted by Crippen LogP contribution is -2.44. The van der Waals surface area contributed by atoms with Crippen molar-refractivity contribution in [1.29, 1.82) is 0 Å². The predicted molar refractivity (Wildman–Crippen MR) is 118 cm³/mol. The number of amides is 1. The minimum absolute atomic E-state index is 0.0536. The highest BCUT2D eigenvalue weighted by atomic mass is 32.2. The molecule has 11 nitrogen and oxygen atoms in total. The van der Waals surface area contributed by atoms with Crippen LogP contribution in [-0.2, 0) is 14.8 Å². The third-order valence-electron chi connectivity index (χ3n) is 5.24. The van der Waals surface area contributed by atoms with E-state index in [4.69, 9.17) is 9.15 Å². The molecular weight excluding hydrogens is 528 g/mol. The Kier molecular flexibility index (Phi) is 6.39. The molecule has 3 aromatic rings.